The minimum atomic E-state index is -0.620. The molecule has 0 aromatic carbocycles. The molecule has 114 valence electrons. The van der Waals surface area contributed by atoms with Gasteiger partial charge in [0.25, 0.3) is 11.6 Å². The first-order valence-corrected chi connectivity index (χ1v) is 7.14. The Balaban J connectivity index is 2.07. The molecular formula is C13H17ClN4O3. The first kappa shape index (κ1) is 15.7. The number of nitro groups is 1. The number of rotatable bonds is 5. The molecule has 0 bridgehead atoms. The molecule has 1 aromatic rings. The number of hydrogen-bond acceptors (Lipinski definition) is 5. The molecule has 0 unspecified atom stereocenters. The Bertz CT molecular complexity index is 546. The van der Waals surface area contributed by atoms with Gasteiger partial charge in [-0.05, 0) is 32.0 Å². The van der Waals surface area contributed by atoms with Crippen LogP contribution < -0.4 is 0 Å². The van der Waals surface area contributed by atoms with Gasteiger partial charge < -0.3 is 9.80 Å². The van der Waals surface area contributed by atoms with Crippen molar-refractivity contribution in [3.8, 4) is 0 Å². The summed E-state index contributed by atoms with van der Waals surface area (Å²) in [7, 11) is 1.64. The minimum Gasteiger partial charge on any atom is -0.340 e. The molecule has 0 atom stereocenters. The van der Waals surface area contributed by atoms with E-state index in [2.05, 4.69) is 9.88 Å². The fraction of sp³-hybridized carbons (Fsp3) is 0.538. The number of halogens is 1. The van der Waals surface area contributed by atoms with Gasteiger partial charge in [-0.15, -0.1) is 0 Å². The molecule has 1 aromatic heterocycles. The Morgan fingerprint density at radius 3 is 2.81 bits per heavy atom. The smallest absolute Gasteiger partial charge is 0.300 e. The third-order valence-electron chi connectivity index (χ3n) is 3.57. The van der Waals surface area contributed by atoms with Gasteiger partial charge in [0.05, 0.1) is 4.92 Å². The summed E-state index contributed by atoms with van der Waals surface area (Å²) in [5, 5.41) is 11.0. The van der Waals surface area contributed by atoms with Crippen molar-refractivity contribution in [1.82, 2.24) is 14.8 Å². The molecule has 21 heavy (non-hydrogen) atoms. The maximum absolute atomic E-state index is 12.3. The van der Waals surface area contributed by atoms with Gasteiger partial charge in [-0.3, -0.25) is 14.9 Å². The SMILES string of the molecule is CN(CCN1CCCC1)C(=O)c1cc(Cl)ncc1[N+](=O)[O-]. The second-order valence-electron chi connectivity index (χ2n) is 5.06. The zero-order chi connectivity index (χ0) is 15.4. The molecule has 0 radical (unpaired) electrons. The van der Waals surface area contributed by atoms with Crippen LogP contribution in [0, 0.1) is 10.1 Å². The van der Waals surface area contributed by atoms with Crippen LogP contribution in [0.15, 0.2) is 12.3 Å². The summed E-state index contributed by atoms with van der Waals surface area (Å²) in [6.45, 7) is 3.39. The summed E-state index contributed by atoms with van der Waals surface area (Å²) in [5.41, 5.74) is -0.346. The van der Waals surface area contributed by atoms with E-state index >= 15 is 0 Å². The number of likely N-dealkylation sites (N-methyl/N-ethyl adjacent to an activating group) is 1. The third kappa shape index (κ3) is 3.89. The highest BCUT2D eigenvalue weighted by atomic mass is 35.5. The summed E-state index contributed by atoms with van der Waals surface area (Å²) in [5.74, 6) is -0.412. The molecule has 1 amide bonds. The van der Waals surface area contributed by atoms with Crippen LogP contribution >= 0.6 is 11.6 Å². The standard InChI is InChI=1S/C13H17ClN4O3/c1-16(6-7-17-4-2-3-5-17)13(19)10-8-12(14)15-9-11(10)18(20)21/h8-9H,2-7H2,1H3. The van der Waals surface area contributed by atoms with E-state index in [0.717, 1.165) is 25.8 Å². The maximum atomic E-state index is 12.3. The van der Waals surface area contributed by atoms with Crippen molar-refractivity contribution >= 4 is 23.2 Å². The van der Waals surface area contributed by atoms with Gasteiger partial charge in [-0.1, -0.05) is 11.6 Å². The normalized spacial score (nSPS) is 15.1. The zero-order valence-electron chi connectivity index (χ0n) is 11.8. The van der Waals surface area contributed by atoms with Crippen molar-refractivity contribution in [2.24, 2.45) is 0 Å². The molecule has 1 aliphatic rings. The number of likely N-dealkylation sites (tertiary alicyclic amines) is 1. The van der Waals surface area contributed by atoms with Gasteiger partial charge in [-0.2, -0.15) is 0 Å². The Hall–Kier alpha value is -1.73. The quantitative estimate of drug-likeness (QED) is 0.470. The molecule has 1 aliphatic heterocycles. The van der Waals surface area contributed by atoms with Gasteiger partial charge in [0.15, 0.2) is 0 Å². The number of aromatic nitrogens is 1. The molecule has 8 heteroatoms. The fourth-order valence-electron chi connectivity index (χ4n) is 2.34. The Kier molecular flexibility index (Phi) is 5.08. The van der Waals surface area contributed by atoms with E-state index in [4.69, 9.17) is 11.6 Å². The van der Waals surface area contributed by atoms with Crippen molar-refractivity contribution in [1.29, 1.82) is 0 Å². The predicted molar refractivity (Wildman–Crippen MR) is 78.5 cm³/mol. The zero-order valence-corrected chi connectivity index (χ0v) is 12.5. The molecule has 1 saturated heterocycles. The van der Waals surface area contributed by atoms with E-state index in [9.17, 15) is 14.9 Å². The van der Waals surface area contributed by atoms with Crippen LogP contribution in [0.5, 0.6) is 0 Å². The van der Waals surface area contributed by atoms with Crippen molar-refractivity contribution in [3.05, 3.63) is 33.1 Å². The van der Waals surface area contributed by atoms with Crippen LogP contribution in [0.25, 0.3) is 0 Å². The lowest BCUT2D eigenvalue weighted by molar-refractivity contribution is -0.385. The second-order valence-corrected chi connectivity index (χ2v) is 5.44. The van der Waals surface area contributed by atoms with Gasteiger partial charge in [0.1, 0.15) is 16.9 Å². The number of hydrogen-bond donors (Lipinski definition) is 0. The summed E-state index contributed by atoms with van der Waals surface area (Å²) in [6, 6.07) is 1.24. The van der Waals surface area contributed by atoms with Crippen LogP contribution in [0.2, 0.25) is 5.15 Å². The molecular weight excluding hydrogens is 296 g/mol. The minimum absolute atomic E-state index is 0.0241. The Morgan fingerprint density at radius 2 is 2.19 bits per heavy atom. The Labute approximate surface area is 127 Å². The fourth-order valence-corrected chi connectivity index (χ4v) is 2.50. The number of nitrogens with zero attached hydrogens (tertiary/aromatic N) is 4. The average molecular weight is 313 g/mol. The molecule has 0 spiro atoms. The third-order valence-corrected chi connectivity index (χ3v) is 3.78. The van der Waals surface area contributed by atoms with Gasteiger partial charge in [0, 0.05) is 20.1 Å². The molecule has 2 rings (SSSR count). The number of carbonyl (C=O) groups excluding carboxylic acids is 1. The van der Waals surface area contributed by atoms with Crippen molar-refractivity contribution in [2.75, 3.05) is 33.2 Å². The van der Waals surface area contributed by atoms with Crippen molar-refractivity contribution in [3.63, 3.8) is 0 Å². The molecule has 0 N–H and O–H groups in total. The highest BCUT2D eigenvalue weighted by Crippen LogP contribution is 2.21. The highest BCUT2D eigenvalue weighted by molar-refractivity contribution is 6.29. The molecule has 1 fully saturated rings. The first-order chi connectivity index (χ1) is 9.99. The lowest BCUT2D eigenvalue weighted by Gasteiger charge is -2.21. The molecule has 0 saturated carbocycles. The van der Waals surface area contributed by atoms with Crippen LogP contribution in [0.1, 0.15) is 23.2 Å². The van der Waals surface area contributed by atoms with Crippen molar-refractivity contribution in [2.45, 2.75) is 12.8 Å². The van der Waals surface area contributed by atoms with E-state index in [1.807, 2.05) is 0 Å². The summed E-state index contributed by atoms with van der Waals surface area (Å²) in [6.07, 6.45) is 3.38. The monoisotopic (exact) mass is 312 g/mol. The van der Waals surface area contributed by atoms with Gasteiger partial charge in [0.2, 0.25) is 0 Å². The topological polar surface area (TPSA) is 79.6 Å². The van der Waals surface area contributed by atoms with Gasteiger partial charge in [-0.25, -0.2) is 4.98 Å². The number of pyridine rings is 1. The van der Waals surface area contributed by atoms with E-state index in [1.165, 1.54) is 23.8 Å². The highest BCUT2D eigenvalue weighted by Gasteiger charge is 2.24. The van der Waals surface area contributed by atoms with Gasteiger partial charge >= 0.3 is 0 Å². The summed E-state index contributed by atoms with van der Waals surface area (Å²) in [4.78, 5) is 30.1. The van der Waals surface area contributed by atoms with E-state index in [-0.39, 0.29) is 16.4 Å². The lowest BCUT2D eigenvalue weighted by Crippen LogP contribution is -2.35. The van der Waals surface area contributed by atoms with Crippen LogP contribution in [0.4, 0.5) is 5.69 Å². The Morgan fingerprint density at radius 1 is 1.52 bits per heavy atom. The largest absolute Gasteiger partial charge is 0.340 e. The summed E-state index contributed by atoms with van der Waals surface area (Å²) < 4.78 is 0. The van der Waals surface area contributed by atoms with Crippen LogP contribution in [0.3, 0.4) is 0 Å². The van der Waals surface area contributed by atoms with Crippen LogP contribution in [-0.2, 0) is 0 Å². The first-order valence-electron chi connectivity index (χ1n) is 6.77. The van der Waals surface area contributed by atoms with E-state index in [0.29, 0.717) is 6.54 Å². The number of carbonyl (C=O) groups is 1. The lowest BCUT2D eigenvalue weighted by atomic mass is 10.2. The number of amides is 1. The van der Waals surface area contributed by atoms with E-state index in [1.54, 1.807) is 7.05 Å². The molecule has 7 nitrogen and oxygen atoms in total. The van der Waals surface area contributed by atoms with Crippen molar-refractivity contribution < 1.29 is 9.72 Å². The van der Waals surface area contributed by atoms with E-state index < -0.39 is 10.8 Å². The molecule has 2 heterocycles. The van der Waals surface area contributed by atoms with Crippen LogP contribution in [-0.4, -0.2) is 58.8 Å². The average Bonchev–Trinajstić information content (AvgIpc) is 2.96. The summed E-state index contributed by atoms with van der Waals surface area (Å²) >= 11 is 5.74. The predicted octanol–water partition coefficient (Wildman–Crippen LogP) is 1.81. The maximum Gasteiger partial charge on any atom is 0.300 e. The molecule has 0 aliphatic carbocycles. The second kappa shape index (κ2) is 6.82.